The Morgan fingerprint density at radius 2 is 2.04 bits per heavy atom. The van der Waals surface area contributed by atoms with Crippen LogP contribution in [0.3, 0.4) is 0 Å². The zero-order valence-corrected chi connectivity index (χ0v) is 13.9. The molecule has 3 rings (SSSR count). The normalized spacial score (nSPS) is 12.6. The summed E-state index contributed by atoms with van der Waals surface area (Å²) >= 11 is 0. The maximum Gasteiger partial charge on any atom is 0.412 e. The molecule has 0 aromatic heterocycles. The minimum atomic E-state index is -0.447. The van der Waals surface area contributed by atoms with E-state index in [0.717, 1.165) is 25.1 Å². The standard InChI is InChI=1S/C20H22N2O2/c1-15(2)13-21-20(23)24-18-8-9-19-17(12-18)10-11-22(19)14-16-6-4-3-5-7-16/h3-9,12H,1,10-11,13-14H2,2H3,(H,21,23). The van der Waals surface area contributed by atoms with Gasteiger partial charge in [-0.1, -0.05) is 42.5 Å². The van der Waals surface area contributed by atoms with Gasteiger partial charge in [-0.3, -0.25) is 0 Å². The van der Waals surface area contributed by atoms with Crippen LogP contribution in [0.4, 0.5) is 10.5 Å². The Bertz CT molecular complexity index is 741. The molecule has 1 aliphatic rings. The van der Waals surface area contributed by atoms with Crippen LogP contribution in [0.2, 0.25) is 0 Å². The van der Waals surface area contributed by atoms with Crippen molar-refractivity contribution in [3.05, 3.63) is 71.8 Å². The van der Waals surface area contributed by atoms with Crippen molar-refractivity contribution in [3.63, 3.8) is 0 Å². The molecule has 124 valence electrons. The smallest absolute Gasteiger partial charge is 0.410 e. The van der Waals surface area contributed by atoms with Crippen LogP contribution in [0.15, 0.2) is 60.7 Å². The molecule has 0 fully saturated rings. The quantitative estimate of drug-likeness (QED) is 0.849. The van der Waals surface area contributed by atoms with Crippen LogP contribution in [-0.2, 0) is 13.0 Å². The zero-order valence-electron chi connectivity index (χ0n) is 13.9. The average molecular weight is 322 g/mol. The fraction of sp³-hybridized carbons (Fsp3) is 0.250. The Labute approximate surface area is 142 Å². The van der Waals surface area contributed by atoms with Gasteiger partial charge in [0.25, 0.3) is 0 Å². The van der Waals surface area contributed by atoms with Crippen molar-refractivity contribution in [3.8, 4) is 5.75 Å². The lowest BCUT2D eigenvalue weighted by Gasteiger charge is -2.19. The fourth-order valence-electron chi connectivity index (χ4n) is 2.84. The second-order valence-electron chi connectivity index (χ2n) is 6.15. The molecule has 1 N–H and O–H groups in total. The molecule has 0 aliphatic carbocycles. The van der Waals surface area contributed by atoms with Crippen LogP contribution in [0.5, 0.6) is 5.75 Å². The Kier molecular flexibility index (Phi) is 4.85. The number of hydrogen-bond acceptors (Lipinski definition) is 3. The predicted octanol–water partition coefficient (Wildman–Crippen LogP) is 3.91. The summed E-state index contributed by atoms with van der Waals surface area (Å²) < 4.78 is 5.33. The molecule has 0 spiro atoms. The number of carbonyl (C=O) groups excluding carboxylic acids is 1. The lowest BCUT2D eigenvalue weighted by molar-refractivity contribution is 0.201. The maximum atomic E-state index is 11.7. The number of amides is 1. The SMILES string of the molecule is C=C(C)CNC(=O)Oc1ccc2c(c1)CCN2Cc1ccccc1. The van der Waals surface area contributed by atoms with Crippen LogP contribution in [0, 0.1) is 0 Å². The third-order valence-corrected chi connectivity index (χ3v) is 4.00. The van der Waals surface area contributed by atoms with Crippen molar-refractivity contribution in [1.82, 2.24) is 5.32 Å². The van der Waals surface area contributed by atoms with Gasteiger partial charge in [0, 0.05) is 25.3 Å². The van der Waals surface area contributed by atoms with Gasteiger partial charge in [0.1, 0.15) is 5.75 Å². The lowest BCUT2D eigenvalue weighted by atomic mass is 10.1. The molecule has 0 radical (unpaired) electrons. The highest BCUT2D eigenvalue weighted by atomic mass is 16.6. The highest BCUT2D eigenvalue weighted by molar-refractivity contribution is 5.71. The zero-order chi connectivity index (χ0) is 16.9. The van der Waals surface area contributed by atoms with E-state index in [1.807, 2.05) is 31.2 Å². The Morgan fingerprint density at radius 1 is 1.25 bits per heavy atom. The van der Waals surface area contributed by atoms with Gasteiger partial charge in [-0.2, -0.15) is 0 Å². The van der Waals surface area contributed by atoms with Crippen molar-refractivity contribution >= 4 is 11.8 Å². The first-order valence-electron chi connectivity index (χ1n) is 8.13. The van der Waals surface area contributed by atoms with Gasteiger partial charge in [0.05, 0.1) is 0 Å². The number of benzene rings is 2. The molecule has 1 heterocycles. The molecule has 2 aromatic carbocycles. The lowest BCUT2D eigenvalue weighted by Crippen LogP contribution is -2.28. The number of ether oxygens (including phenoxy) is 1. The molecule has 2 aromatic rings. The number of nitrogens with zero attached hydrogens (tertiary/aromatic N) is 1. The van der Waals surface area contributed by atoms with Gasteiger partial charge < -0.3 is 15.0 Å². The molecule has 4 nitrogen and oxygen atoms in total. The second-order valence-corrected chi connectivity index (χ2v) is 6.15. The number of fused-ring (bicyclic) bond motifs is 1. The van der Waals surface area contributed by atoms with Crippen LogP contribution in [-0.4, -0.2) is 19.2 Å². The first-order valence-corrected chi connectivity index (χ1v) is 8.13. The van der Waals surface area contributed by atoms with Crippen LogP contribution in [0.1, 0.15) is 18.1 Å². The monoisotopic (exact) mass is 322 g/mol. The largest absolute Gasteiger partial charge is 0.412 e. The minimum Gasteiger partial charge on any atom is -0.410 e. The summed E-state index contributed by atoms with van der Waals surface area (Å²) in [5.74, 6) is 0.578. The van der Waals surface area contributed by atoms with Gasteiger partial charge in [0.2, 0.25) is 0 Å². The Hall–Kier alpha value is -2.75. The summed E-state index contributed by atoms with van der Waals surface area (Å²) in [5, 5.41) is 2.67. The third-order valence-electron chi connectivity index (χ3n) is 4.00. The van der Waals surface area contributed by atoms with Crippen LogP contribution < -0.4 is 15.0 Å². The maximum absolute atomic E-state index is 11.7. The van der Waals surface area contributed by atoms with Gasteiger partial charge in [0.15, 0.2) is 0 Å². The number of nitrogens with one attached hydrogen (secondary N) is 1. The predicted molar refractivity (Wildman–Crippen MR) is 96.5 cm³/mol. The average Bonchev–Trinajstić information content (AvgIpc) is 2.96. The van der Waals surface area contributed by atoms with Crippen molar-refractivity contribution in [2.45, 2.75) is 19.9 Å². The molecule has 1 aliphatic heterocycles. The van der Waals surface area contributed by atoms with Crippen LogP contribution >= 0.6 is 0 Å². The third kappa shape index (κ3) is 3.96. The Balaban J connectivity index is 1.65. The van der Waals surface area contributed by atoms with E-state index in [0.29, 0.717) is 12.3 Å². The molecule has 0 saturated heterocycles. The fourth-order valence-corrected chi connectivity index (χ4v) is 2.84. The molecule has 24 heavy (non-hydrogen) atoms. The molecule has 0 bridgehead atoms. The van der Waals surface area contributed by atoms with Gasteiger partial charge >= 0.3 is 6.09 Å². The molecule has 4 heteroatoms. The van der Waals surface area contributed by atoms with Crippen molar-refractivity contribution in [2.75, 3.05) is 18.0 Å². The minimum absolute atomic E-state index is 0.425. The van der Waals surface area contributed by atoms with Crippen molar-refractivity contribution in [2.24, 2.45) is 0 Å². The van der Waals surface area contributed by atoms with E-state index in [4.69, 9.17) is 4.74 Å². The van der Waals surface area contributed by atoms with E-state index in [-0.39, 0.29) is 0 Å². The van der Waals surface area contributed by atoms with E-state index in [1.54, 1.807) is 0 Å². The highest BCUT2D eigenvalue weighted by Crippen LogP contribution is 2.32. The number of rotatable bonds is 5. The first kappa shape index (κ1) is 16.1. The van der Waals surface area contributed by atoms with E-state index in [2.05, 4.69) is 41.1 Å². The molecule has 0 unspecified atom stereocenters. The first-order chi connectivity index (χ1) is 11.6. The Morgan fingerprint density at radius 3 is 2.79 bits per heavy atom. The van der Waals surface area contributed by atoms with Crippen molar-refractivity contribution < 1.29 is 9.53 Å². The highest BCUT2D eigenvalue weighted by Gasteiger charge is 2.20. The topological polar surface area (TPSA) is 41.6 Å². The molecular formula is C20H22N2O2. The summed E-state index contributed by atoms with van der Waals surface area (Å²) in [4.78, 5) is 14.1. The number of hydrogen-bond donors (Lipinski definition) is 1. The van der Waals surface area contributed by atoms with Crippen LogP contribution in [0.25, 0.3) is 0 Å². The summed E-state index contributed by atoms with van der Waals surface area (Å²) in [6.45, 7) is 7.91. The van der Waals surface area contributed by atoms with E-state index in [1.165, 1.54) is 16.8 Å². The van der Waals surface area contributed by atoms with E-state index >= 15 is 0 Å². The molecular weight excluding hydrogens is 300 g/mol. The van der Waals surface area contributed by atoms with Gasteiger partial charge in [-0.05, 0) is 42.7 Å². The molecule has 1 amide bonds. The van der Waals surface area contributed by atoms with E-state index in [9.17, 15) is 4.79 Å². The number of carbonyl (C=O) groups is 1. The van der Waals surface area contributed by atoms with Gasteiger partial charge in [-0.25, -0.2) is 4.79 Å². The van der Waals surface area contributed by atoms with E-state index < -0.39 is 6.09 Å². The summed E-state index contributed by atoms with van der Waals surface area (Å²) in [5.41, 5.74) is 4.62. The second kappa shape index (κ2) is 7.21. The summed E-state index contributed by atoms with van der Waals surface area (Å²) in [7, 11) is 0. The molecule has 0 saturated carbocycles. The summed E-state index contributed by atoms with van der Waals surface area (Å²) in [6, 6.07) is 16.3. The molecule has 0 atom stereocenters. The van der Waals surface area contributed by atoms with Crippen molar-refractivity contribution in [1.29, 1.82) is 0 Å². The van der Waals surface area contributed by atoms with Gasteiger partial charge in [-0.15, -0.1) is 0 Å². The summed E-state index contributed by atoms with van der Waals surface area (Å²) in [6.07, 6.45) is 0.518. The number of anilines is 1.